The molecule has 1 aliphatic heterocycles. The molecule has 0 amide bonds. The maximum atomic E-state index is 4.38. The number of thiazole rings is 1. The lowest BCUT2D eigenvalue weighted by atomic mass is 10.1. The first-order valence-corrected chi connectivity index (χ1v) is 7.26. The van der Waals surface area contributed by atoms with E-state index in [1.165, 1.54) is 11.6 Å². The normalized spacial score (nSPS) is 19.5. The van der Waals surface area contributed by atoms with Gasteiger partial charge in [-0.2, -0.15) is 0 Å². The highest BCUT2D eigenvalue weighted by atomic mass is 32.1. The molecule has 1 aromatic heterocycles. The molecular weight excluding hydrogens is 232 g/mol. The van der Waals surface area contributed by atoms with Crippen molar-refractivity contribution in [3.63, 3.8) is 0 Å². The van der Waals surface area contributed by atoms with Gasteiger partial charge in [0.15, 0.2) is 5.13 Å². The molecule has 1 aromatic rings. The summed E-state index contributed by atoms with van der Waals surface area (Å²) in [5.74, 6) is 0. The van der Waals surface area contributed by atoms with E-state index in [0.29, 0.717) is 6.04 Å². The molecule has 0 aromatic carbocycles. The van der Waals surface area contributed by atoms with Crippen LogP contribution in [0.1, 0.15) is 13.3 Å². The van der Waals surface area contributed by atoms with Crippen LogP contribution >= 0.6 is 11.3 Å². The molecule has 1 unspecified atom stereocenters. The largest absolute Gasteiger partial charge is 0.346 e. The summed E-state index contributed by atoms with van der Waals surface area (Å²) in [6, 6.07) is 0.679. The van der Waals surface area contributed by atoms with Crippen molar-refractivity contribution in [3.8, 4) is 0 Å². The van der Waals surface area contributed by atoms with Gasteiger partial charge in [0.05, 0.1) is 0 Å². The SMILES string of the molecule is CCC(CNC)N1CCN(c2nccs2)CC1. The van der Waals surface area contributed by atoms with Crippen LogP contribution in [0.2, 0.25) is 0 Å². The molecule has 0 saturated carbocycles. The van der Waals surface area contributed by atoms with Crippen molar-refractivity contribution in [1.29, 1.82) is 0 Å². The molecule has 1 N–H and O–H groups in total. The quantitative estimate of drug-likeness (QED) is 0.857. The number of aromatic nitrogens is 1. The Morgan fingerprint density at radius 3 is 2.71 bits per heavy atom. The first kappa shape index (κ1) is 12.8. The highest BCUT2D eigenvalue weighted by molar-refractivity contribution is 7.13. The van der Waals surface area contributed by atoms with Crippen LogP contribution in [0.15, 0.2) is 11.6 Å². The Bertz CT molecular complexity index is 306. The van der Waals surface area contributed by atoms with Gasteiger partial charge in [0.25, 0.3) is 0 Å². The minimum atomic E-state index is 0.679. The van der Waals surface area contributed by atoms with Crippen LogP contribution in [0, 0.1) is 0 Å². The van der Waals surface area contributed by atoms with Crippen molar-refractivity contribution in [2.75, 3.05) is 44.7 Å². The van der Waals surface area contributed by atoms with Gasteiger partial charge in [0.2, 0.25) is 0 Å². The average molecular weight is 254 g/mol. The molecule has 0 spiro atoms. The predicted molar refractivity (Wildman–Crippen MR) is 73.9 cm³/mol. The number of hydrogen-bond acceptors (Lipinski definition) is 5. The van der Waals surface area contributed by atoms with E-state index in [9.17, 15) is 0 Å². The van der Waals surface area contributed by atoms with Gasteiger partial charge in [-0.1, -0.05) is 6.92 Å². The molecular formula is C12H22N4S. The number of nitrogens with zero attached hydrogens (tertiary/aromatic N) is 3. The van der Waals surface area contributed by atoms with Crippen LogP contribution in [0.5, 0.6) is 0 Å². The Morgan fingerprint density at radius 1 is 1.41 bits per heavy atom. The van der Waals surface area contributed by atoms with E-state index in [2.05, 4.69) is 32.4 Å². The average Bonchev–Trinajstić information content (AvgIpc) is 2.90. The molecule has 17 heavy (non-hydrogen) atoms. The molecule has 96 valence electrons. The second kappa shape index (κ2) is 6.33. The standard InChI is InChI=1S/C12H22N4S/c1-3-11(10-13-2)15-5-7-16(8-6-15)12-14-4-9-17-12/h4,9,11,13H,3,5-8,10H2,1-2H3. The Morgan fingerprint density at radius 2 is 2.18 bits per heavy atom. The first-order valence-electron chi connectivity index (χ1n) is 6.38. The van der Waals surface area contributed by atoms with Crippen LogP contribution in [-0.4, -0.2) is 55.7 Å². The third-order valence-electron chi connectivity index (χ3n) is 3.43. The first-order chi connectivity index (χ1) is 8.35. The zero-order valence-corrected chi connectivity index (χ0v) is 11.5. The highest BCUT2D eigenvalue weighted by Gasteiger charge is 2.23. The lowest BCUT2D eigenvalue weighted by Crippen LogP contribution is -2.52. The maximum Gasteiger partial charge on any atom is 0.185 e. The third kappa shape index (κ3) is 3.18. The van der Waals surface area contributed by atoms with Crippen molar-refractivity contribution < 1.29 is 0 Å². The monoisotopic (exact) mass is 254 g/mol. The van der Waals surface area contributed by atoms with Crippen LogP contribution < -0.4 is 10.2 Å². The van der Waals surface area contributed by atoms with Crippen LogP contribution in [0.25, 0.3) is 0 Å². The Hall–Kier alpha value is -0.650. The summed E-state index contributed by atoms with van der Waals surface area (Å²) >= 11 is 1.74. The van der Waals surface area contributed by atoms with Crippen molar-refractivity contribution in [3.05, 3.63) is 11.6 Å². The summed E-state index contributed by atoms with van der Waals surface area (Å²) in [7, 11) is 2.04. The van der Waals surface area contributed by atoms with E-state index in [-0.39, 0.29) is 0 Å². The highest BCUT2D eigenvalue weighted by Crippen LogP contribution is 2.19. The van der Waals surface area contributed by atoms with E-state index in [1.807, 2.05) is 13.2 Å². The molecule has 1 saturated heterocycles. The number of likely N-dealkylation sites (N-methyl/N-ethyl adjacent to an activating group) is 1. The minimum absolute atomic E-state index is 0.679. The summed E-state index contributed by atoms with van der Waals surface area (Å²) < 4.78 is 0. The topological polar surface area (TPSA) is 31.4 Å². The fraction of sp³-hybridized carbons (Fsp3) is 0.750. The van der Waals surface area contributed by atoms with Gasteiger partial charge >= 0.3 is 0 Å². The zero-order valence-electron chi connectivity index (χ0n) is 10.7. The van der Waals surface area contributed by atoms with Crippen molar-refractivity contribution in [2.45, 2.75) is 19.4 Å². The molecule has 1 atom stereocenters. The number of nitrogens with one attached hydrogen (secondary N) is 1. The summed E-state index contributed by atoms with van der Waals surface area (Å²) in [5.41, 5.74) is 0. The summed E-state index contributed by atoms with van der Waals surface area (Å²) in [5, 5.41) is 6.51. The van der Waals surface area contributed by atoms with Gasteiger partial charge < -0.3 is 10.2 Å². The van der Waals surface area contributed by atoms with Crippen LogP contribution in [0.4, 0.5) is 5.13 Å². The number of hydrogen-bond donors (Lipinski definition) is 1. The Kier molecular flexibility index (Phi) is 4.76. The minimum Gasteiger partial charge on any atom is -0.346 e. The van der Waals surface area contributed by atoms with Gasteiger partial charge in [-0.3, -0.25) is 4.90 Å². The second-order valence-corrected chi connectivity index (χ2v) is 5.33. The Labute approximate surface area is 108 Å². The lowest BCUT2D eigenvalue weighted by molar-refractivity contribution is 0.178. The molecule has 1 fully saturated rings. The number of piperazine rings is 1. The molecule has 5 heteroatoms. The van der Waals surface area contributed by atoms with Gasteiger partial charge in [0.1, 0.15) is 0 Å². The zero-order chi connectivity index (χ0) is 12.1. The van der Waals surface area contributed by atoms with Gasteiger partial charge in [-0.05, 0) is 13.5 Å². The third-order valence-corrected chi connectivity index (χ3v) is 4.26. The molecule has 2 rings (SSSR count). The van der Waals surface area contributed by atoms with Crippen molar-refractivity contribution in [1.82, 2.24) is 15.2 Å². The van der Waals surface area contributed by atoms with Crippen molar-refractivity contribution in [2.24, 2.45) is 0 Å². The van der Waals surface area contributed by atoms with Crippen LogP contribution in [0.3, 0.4) is 0 Å². The predicted octanol–water partition coefficient (Wildman–Crippen LogP) is 1.26. The fourth-order valence-electron chi connectivity index (χ4n) is 2.42. The number of anilines is 1. The lowest BCUT2D eigenvalue weighted by Gasteiger charge is -2.39. The Balaban J connectivity index is 1.85. The summed E-state index contributed by atoms with van der Waals surface area (Å²) in [4.78, 5) is 9.37. The smallest absolute Gasteiger partial charge is 0.185 e. The van der Waals surface area contributed by atoms with E-state index in [4.69, 9.17) is 0 Å². The van der Waals surface area contributed by atoms with E-state index in [0.717, 1.165) is 32.7 Å². The fourth-order valence-corrected chi connectivity index (χ4v) is 3.11. The number of rotatable bonds is 5. The van der Waals surface area contributed by atoms with Gasteiger partial charge in [-0.25, -0.2) is 4.98 Å². The van der Waals surface area contributed by atoms with Crippen molar-refractivity contribution >= 4 is 16.5 Å². The molecule has 1 aliphatic rings. The summed E-state index contributed by atoms with van der Waals surface area (Å²) in [6.07, 6.45) is 3.11. The van der Waals surface area contributed by atoms with E-state index >= 15 is 0 Å². The second-order valence-electron chi connectivity index (χ2n) is 4.46. The van der Waals surface area contributed by atoms with Crippen LogP contribution in [-0.2, 0) is 0 Å². The maximum absolute atomic E-state index is 4.38. The molecule has 0 radical (unpaired) electrons. The van der Waals surface area contributed by atoms with Gasteiger partial charge in [0, 0.05) is 50.3 Å². The molecule has 0 bridgehead atoms. The molecule has 0 aliphatic carbocycles. The van der Waals surface area contributed by atoms with Gasteiger partial charge in [-0.15, -0.1) is 11.3 Å². The molecule has 2 heterocycles. The summed E-state index contributed by atoms with van der Waals surface area (Å²) in [6.45, 7) is 7.88. The van der Waals surface area contributed by atoms with E-state index < -0.39 is 0 Å². The molecule has 4 nitrogen and oxygen atoms in total. The van der Waals surface area contributed by atoms with E-state index in [1.54, 1.807) is 11.3 Å².